The molecule has 5 heteroatoms. The number of nitrogens with one attached hydrogen (secondary N) is 3. The Kier molecular flexibility index (Phi) is 7.23. The van der Waals surface area contributed by atoms with Crippen molar-refractivity contribution in [2.24, 2.45) is 0 Å². The first kappa shape index (κ1) is 17.9. The highest BCUT2D eigenvalue weighted by Crippen LogP contribution is 2.15. The zero-order valence-corrected chi connectivity index (χ0v) is 14.1. The lowest BCUT2D eigenvalue weighted by Gasteiger charge is -2.08. The molecule has 2 aromatic rings. The predicted molar refractivity (Wildman–Crippen MR) is 97.1 cm³/mol. The van der Waals surface area contributed by atoms with Crippen molar-refractivity contribution in [3.05, 3.63) is 48.0 Å². The van der Waals surface area contributed by atoms with Crippen molar-refractivity contribution in [1.29, 1.82) is 0 Å². The van der Waals surface area contributed by atoms with Crippen molar-refractivity contribution in [3.8, 4) is 0 Å². The molecule has 3 N–H and O–H groups in total. The maximum Gasteiger partial charge on any atom is 0.251 e. The third-order valence-corrected chi connectivity index (χ3v) is 3.70. The van der Waals surface area contributed by atoms with Crippen molar-refractivity contribution in [2.75, 3.05) is 26.2 Å². The molecular formula is C19H25N3O2. The topological polar surface area (TPSA) is 70.2 Å². The predicted octanol–water partition coefficient (Wildman–Crippen LogP) is 2.08. The van der Waals surface area contributed by atoms with E-state index in [-0.39, 0.29) is 18.2 Å². The van der Waals surface area contributed by atoms with E-state index in [0.29, 0.717) is 18.7 Å². The number of benzene rings is 2. The second kappa shape index (κ2) is 9.67. The average Bonchev–Trinajstić information content (AvgIpc) is 2.61. The molecule has 0 aliphatic rings. The van der Waals surface area contributed by atoms with Crippen molar-refractivity contribution in [3.63, 3.8) is 0 Å². The molecule has 2 amide bonds. The summed E-state index contributed by atoms with van der Waals surface area (Å²) in [6, 6.07) is 13.5. The molecule has 0 radical (unpaired) electrons. The molecule has 0 spiro atoms. The summed E-state index contributed by atoms with van der Waals surface area (Å²) in [7, 11) is 0. The molecule has 0 atom stereocenters. The van der Waals surface area contributed by atoms with E-state index < -0.39 is 0 Å². The minimum atomic E-state index is -0.154. The molecule has 0 aliphatic carbocycles. The van der Waals surface area contributed by atoms with Gasteiger partial charge in [0.2, 0.25) is 5.91 Å². The van der Waals surface area contributed by atoms with E-state index in [1.54, 1.807) is 6.07 Å². The molecule has 5 nitrogen and oxygen atoms in total. The van der Waals surface area contributed by atoms with Gasteiger partial charge in [-0.15, -0.1) is 0 Å². The van der Waals surface area contributed by atoms with E-state index in [1.165, 1.54) is 0 Å². The van der Waals surface area contributed by atoms with Crippen LogP contribution in [0.4, 0.5) is 0 Å². The quantitative estimate of drug-likeness (QED) is 0.618. The van der Waals surface area contributed by atoms with Gasteiger partial charge in [0.15, 0.2) is 0 Å². The smallest absolute Gasteiger partial charge is 0.251 e. The minimum Gasteiger partial charge on any atom is -0.355 e. The average molecular weight is 327 g/mol. The van der Waals surface area contributed by atoms with Crippen LogP contribution in [0.2, 0.25) is 0 Å². The van der Waals surface area contributed by atoms with E-state index in [4.69, 9.17) is 0 Å². The zero-order chi connectivity index (χ0) is 17.2. The van der Waals surface area contributed by atoms with Gasteiger partial charge >= 0.3 is 0 Å². The summed E-state index contributed by atoms with van der Waals surface area (Å²) in [6.07, 6.45) is 1.36. The summed E-state index contributed by atoms with van der Waals surface area (Å²) in [5.41, 5.74) is 0.609. The van der Waals surface area contributed by atoms with Gasteiger partial charge in [-0.05, 0) is 35.9 Å². The van der Waals surface area contributed by atoms with E-state index in [1.807, 2.05) is 36.4 Å². The highest BCUT2D eigenvalue weighted by atomic mass is 16.2. The van der Waals surface area contributed by atoms with E-state index in [2.05, 4.69) is 22.9 Å². The number of rotatable bonds is 9. The van der Waals surface area contributed by atoms with Gasteiger partial charge in [0.05, 0.1) is 0 Å². The summed E-state index contributed by atoms with van der Waals surface area (Å²) in [5, 5.41) is 11.0. The summed E-state index contributed by atoms with van der Waals surface area (Å²) < 4.78 is 0. The molecule has 128 valence electrons. The number of amides is 2. The van der Waals surface area contributed by atoms with Crippen molar-refractivity contribution in [1.82, 2.24) is 16.0 Å². The summed E-state index contributed by atoms with van der Waals surface area (Å²) in [6.45, 7) is 4.77. The molecular weight excluding hydrogens is 302 g/mol. The normalized spacial score (nSPS) is 10.5. The maximum atomic E-state index is 12.1. The van der Waals surface area contributed by atoms with Crippen LogP contribution in [-0.4, -0.2) is 38.0 Å². The van der Waals surface area contributed by atoms with Gasteiger partial charge in [-0.25, -0.2) is 0 Å². The van der Waals surface area contributed by atoms with Crippen LogP contribution in [0.1, 0.15) is 30.1 Å². The maximum absolute atomic E-state index is 12.1. The monoisotopic (exact) mass is 327 g/mol. The Hall–Kier alpha value is -2.40. The second-order valence-electron chi connectivity index (χ2n) is 5.67. The van der Waals surface area contributed by atoms with E-state index in [0.717, 1.165) is 30.3 Å². The van der Waals surface area contributed by atoms with Gasteiger partial charge in [-0.1, -0.05) is 37.3 Å². The number of carbonyl (C=O) groups excluding carboxylic acids is 2. The first-order chi connectivity index (χ1) is 11.7. The molecule has 0 bridgehead atoms. The van der Waals surface area contributed by atoms with Crippen molar-refractivity contribution >= 4 is 22.6 Å². The SMILES string of the molecule is CCCNCCNC(=O)CCNC(=O)c1ccc2ccccc2c1. The number of hydrogen-bond donors (Lipinski definition) is 3. The van der Waals surface area contributed by atoms with Gasteiger partial charge < -0.3 is 16.0 Å². The lowest BCUT2D eigenvalue weighted by Crippen LogP contribution is -2.34. The Morgan fingerprint density at radius 1 is 0.875 bits per heavy atom. The van der Waals surface area contributed by atoms with Crippen molar-refractivity contribution < 1.29 is 9.59 Å². The van der Waals surface area contributed by atoms with Crippen molar-refractivity contribution in [2.45, 2.75) is 19.8 Å². The standard InChI is InChI=1S/C19H25N3O2/c1-2-10-20-12-13-21-18(23)9-11-22-19(24)17-8-7-15-5-3-4-6-16(15)14-17/h3-8,14,20H,2,9-13H2,1H3,(H,21,23)(H,22,24). The molecule has 0 aliphatic heterocycles. The lowest BCUT2D eigenvalue weighted by atomic mass is 10.1. The number of carbonyl (C=O) groups is 2. The Morgan fingerprint density at radius 3 is 2.46 bits per heavy atom. The van der Waals surface area contributed by atoms with Crippen LogP contribution in [0.3, 0.4) is 0 Å². The molecule has 0 saturated heterocycles. The highest BCUT2D eigenvalue weighted by molar-refractivity contribution is 5.98. The molecule has 0 fully saturated rings. The van der Waals surface area contributed by atoms with Crippen LogP contribution in [0.5, 0.6) is 0 Å². The Bertz CT molecular complexity index is 685. The molecule has 24 heavy (non-hydrogen) atoms. The fraction of sp³-hybridized carbons (Fsp3) is 0.368. The Balaban J connectivity index is 1.71. The first-order valence-corrected chi connectivity index (χ1v) is 8.45. The molecule has 0 unspecified atom stereocenters. The van der Waals surface area contributed by atoms with Gasteiger partial charge in [-0.2, -0.15) is 0 Å². The van der Waals surface area contributed by atoms with E-state index in [9.17, 15) is 9.59 Å². The van der Waals surface area contributed by atoms with Crippen LogP contribution in [0.15, 0.2) is 42.5 Å². The summed E-state index contributed by atoms with van der Waals surface area (Å²) in [4.78, 5) is 23.8. The van der Waals surface area contributed by atoms with Gasteiger partial charge in [0, 0.05) is 31.6 Å². The van der Waals surface area contributed by atoms with Crippen LogP contribution in [-0.2, 0) is 4.79 Å². The van der Waals surface area contributed by atoms with Gasteiger partial charge in [0.1, 0.15) is 0 Å². The van der Waals surface area contributed by atoms with Gasteiger partial charge in [-0.3, -0.25) is 9.59 Å². The molecule has 0 heterocycles. The second-order valence-corrected chi connectivity index (χ2v) is 5.67. The zero-order valence-electron chi connectivity index (χ0n) is 14.1. The molecule has 0 aromatic heterocycles. The third kappa shape index (κ3) is 5.66. The van der Waals surface area contributed by atoms with Crippen LogP contribution < -0.4 is 16.0 Å². The Labute approximate surface area is 142 Å². The number of hydrogen-bond acceptors (Lipinski definition) is 3. The molecule has 0 saturated carbocycles. The van der Waals surface area contributed by atoms with E-state index >= 15 is 0 Å². The first-order valence-electron chi connectivity index (χ1n) is 8.45. The minimum absolute atomic E-state index is 0.0490. The Morgan fingerprint density at radius 2 is 1.67 bits per heavy atom. The third-order valence-electron chi connectivity index (χ3n) is 3.70. The van der Waals surface area contributed by atoms with Crippen LogP contribution in [0.25, 0.3) is 10.8 Å². The highest BCUT2D eigenvalue weighted by Gasteiger charge is 2.07. The fourth-order valence-corrected chi connectivity index (χ4v) is 2.40. The molecule has 2 rings (SSSR count). The lowest BCUT2D eigenvalue weighted by molar-refractivity contribution is -0.120. The largest absolute Gasteiger partial charge is 0.355 e. The van der Waals surface area contributed by atoms with Crippen LogP contribution >= 0.6 is 0 Å². The summed E-state index contributed by atoms with van der Waals surface area (Å²) in [5.74, 6) is -0.203. The summed E-state index contributed by atoms with van der Waals surface area (Å²) >= 11 is 0. The van der Waals surface area contributed by atoms with Gasteiger partial charge in [0.25, 0.3) is 5.91 Å². The fourth-order valence-electron chi connectivity index (χ4n) is 2.40. The van der Waals surface area contributed by atoms with Crippen LogP contribution in [0, 0.1) is 0 Å². The molecule has 2 aromatic carbocycles. The number of fused-ring (bicyclic) bond motifs is 1.